The number of unbranched alkanes of at least 4 members (excludes halogenated alkanes) is 7. The number of hydrogen-bond acceptors (Lipinski definition) is 4. The molecule has 0 N–H and O–H groups in total. The zero-order valence-electron chi connectivity index (χ0n) is 20.0. The number of hydrogen-bond donors (Lipinski definition) is 0. The minimum absolute atomic E-state index is 0.905. The number of aliphatic imine (C=N–C) groups is 4. The minimum atomic E-state index is 0.905. The van der Waals surface area contributed by atoms with E-state index < -0.39 is 0 Å². The summed E-state index contributed by atoms with van der Waals surface area (Å²) in [6, 6.07) is 0. The molecule has 0 atom stereocenters. The summed E-state index contributed by atoms with van der Waals surface area (Å²) in [4.78, 5) is 19.1. The van der Waals surface area contributed by atoms with Crippen molar-refractivity contribution in [2.24, 2.45) is 20.0 Å². The summed E-state index contributed by atoms with van der Waals surface area (Å²) in [5.74, 6) is 0. The predicted octanol–water partition coefficient (Wildman–Crippen LogP) is 7.48. The molecule has 0 aliphatic carbocycles. The Morgan fingerprint density at radius 2 is 0.971 bits per heavy atom. The van der Waals surface area contributed by atoms with Crippen molar-refractivity contribution in [3.05, 3.63) is 95.2 Å². The lowest BCUT2D eigenvalue weighted by Crippen LogP contribution is -1.97. The molecule has 5 heterocycles. The molecule has 5 aliphatic rings. The third kappa shape index (κ3) is 5.74. The third-order valence-electron chi connectivity index (χ3n) is 6.42. The van der Waals surface area contributed by atoms with Gasteiger partial charge in [0.25, 0.3) is 0 Å². The summed E-state index contributed by atoms with van der Waals surface area (Å²) in [5, 5.41) is 0. The number of nitrogens with zero attached hydrogens (tertiary/aromatic N) is 4. The van der Waals surface area contributed by atoms with Crippen LogP contribution >= 0.6 is 0 Å². The van der Waals surface area contributed by atoms with E-state index >= 15 is 0 Å². The molecule has 0 unspecified atom stereocenters. The molecule has 4 heteroatoms. The Kier molecular flexibility index (Phi) is 7.04. The molecule has 0 saturated heterocycles. The maximum atomic E-state index is 4.94. The van der Waals surface area contributed by atoms with Gasteiger partial charge in [-0.3, -0.25) is 0 Å². The van der Waals surface area contributed by atoms with Crippen LogP contribution < -0.4 is 0 Å². The standard InChI is InChI=1S/C30H32N4/c1-2-3-4-5-6-7-8-9-10-22-17-29-20-27-14-13-25(32-27)18-23-11-12-24(31-23)19-26-15-16-28(33-26)21-30(22)34-29/h11-21H,2-10H2,1H3. The normalized spacial score (nSPS) is 19.9. The molecule has 34 heavy (non-hydrogen) atoms. The van der Waals surface area contributed by atoms with E-state index in [0.717, 1.165) is 52.1 Å². The number of allylic oxidation sites excluding steroid dienone is 12. The van der Waals surface area contributed by atoms with Gasteiger partial charge in [0.1, 0.15) is 0 Å². The van der Waals surface area contributed by atoms with E-state index in [-0.39, 0.29) is 0 Å². The van der Waals surface area contributed by atoms with Crippen molar-refractivity contribution in [2.75, 3.05) is 0 Å². The third-order valence-corrected chi connectivity index (χ3v) is 6.42. The molecule has 0 spiro atoms. The van der Waals surface area contributed by atoms with E-state index in [1.165, 1.54) is 56.9 Å². The molecule has 4 nitrogen and oxygen atoms in total. The number of fused-ring (bicyclic) bond motifs is 4. The Morgan fingerprint density at radius 1 is 0.471 bits per heavy atom. The summed E-state index contributed by atoms with van der Waals surface area (Å²) >= 11 is 0. The Hall–Kier alpha value is -3.40. The lowest BCUT2D eigenvalue weighted by Gasteiger charge is -2.04. The second-order valence-corrected chi connectivity index (χ2v) is 9.28. The first-order valence-electron chi connectivity index (χ1n) is 12.7. The van der Waals surface area contributed by atoms with Crippen LogP contribution in [0, 0.1) is 0 Å². The van der Waals surface area contributed by atoms with Gasteiger partial charge in [-0.1, -0.05) is 51.9 Å². The van der Waals surface area contributed by atoms with Crippen molar-refractivity contribution in [3.63, 3.8) is 0 Å². The largest absolute Gasteiger partial charge is 0.249 e. The van der Waals surface area contributed by atoms with Gasteiger partial charge in [0.2, 0.25) is 0 Å². The van der Waals surface area contributed by atoms with Gasteiger partial charge in [0.15, 0.2) is 0 Å². The van der Waals surface area contributed by atoms with Crippen molar-refractivity contribution in [1.82, 2.24) is 0 Å². The minimum Gasteiger partial charge on any atom is -0.249 e. The summed E-state index contributed by atoms with van der Waals surface area (Å²) < 4.78 is 0. The molecule has 0 aromatic heterocycles. The Labute approximate surface area is 202 Å². The van der Waals surface area contributed by atoms with Crippen molar-refractivity contribution >= 4 is 22.8 Å². The van der Waals surface area contributed by atoms with E-state index in [2.05, 4.69) is 36.2 Å². The lowest BCUT2D eigenvalue weighted by atomic mass is 10.0. The monoisotopic (exact) mass is 448 g/mol. The van der Waals surface area contributed by atoms with Gasteiger partial charge in [-0.15, -0.1) is 0 Å². The summed E-state index contributed by atoms with van der Waals surface area (Å²) in [5.41, 5.74) is 8.79. The van der Waals surface area contributed by atoms with Crippen LogP contribution in [0.4, 0.5) is 0 Å². The highest BCUT2D eigenvalue weighted by atomic mass is 14.8. The van der Waals surface area contributed by atoms with Crippen LogP contribution in [0.25, 0.3) is 0 Å². The van der Waals surface area contributed by atoms with Gasteiger partial charge in [0.05, 0.1) is 45.6 Å². The van der Waals surface area contributed by atoms with Gasteiger partial charge >= 0.3 is 0 Å². The maximum Gasteiger partial charge on any atom is 0.0691 e. The van der Waals surface area contributed by atoms with E-state index in [9.17, 15) is 0 Å². The lowest BCUT2D eigenvalue weighted by molar-refractivity contribution is 0.576. The van der Waals surface area contributed by atoms with E-state index in [0.29, 0.717) is 0 Å². The molecular formula is C30H32N4. The molecule has 0 fully saturated rings. The molecule has 5 aliphatic heterocycles. The van der Waals surface area contributed by atoms with Crippen LogP contribution in [0.15, 0.2) is 115 Å². The first-order valence-corrected chi connectivity index (χ1v) is 12.7. The molecule has 0 radical (unpaired) electrons. The van der Waals surface area contributed by atoms with Crippen molar-refractivity contribution in [3.8, 4) is 0 Å². The second kappa shape index (κ2) is 10.7. The SMILES string of the molecule is CCCCCCCCCCC1=CC2=CC3=NC(=CC4=NC(=CC5=NC(=CC1=N2)C=C5)C=C4)C=C3. The van der Waals surface area contributed by atoms with Gasteiger partial charge in [0, 0.05) is 0 Å². The molecule has 0 saturated carbocycles. The highest BCUT2D eigenvalue weighted by Gasteiger charge is 2.16. The van der Waals surface area contributed by atoms with Gasteiger partial charge in [-0.25, -0.2) is 20.0 Å². The Bertz CT molecular complexity index is 1220. The van der Waals surface area contributed by atoms with Crippen LogP contribution in [0.5, 0.6) is 0 Å². The summed E-state index contributed by atoms with van der Waals surface area (Å²) in [6.45, 7) is 2.27. The van der Waals surface area contributed by atoms with E-state index in [4.69, 9.17) is 15.0 Å². The summed E-state index contributed by atoms with van der Waals surface area (Å²) in [6.07, 6.45) is 34.3. The predicted molar refractivity (Wildman–Crippen MR) is 145 cm³/mol. The molecule has 5 rings (SSSR count). The van der Waals surface area contributed by atoms with Crippen molar-refractivity contribution in [2.45, 2.75) is 64.7 Å². The molecule has 0 aromatic rings. The molecule has 8 bridgehead atoms. The quantitative estimate of drug-likeness (QED) is 0.328. The average Bonchev–Trinajstić information content (AvgIpc) is 3.61. The van der Waals surface area contributed by atoms with Crippen LogP contribution in [0.2, 0.25) is 0 Å². The first-order chi connectivity index (χ1) is 16.7. The van der Waals surface area contributed by atoms with Gasteiger partial charge in [-0.2, -0.15) is 0 Å². The number of rotatable bonds is 9. The topological polar surface area (TPSA) is 49.4 Å². The molecule has 0 amide bonds. The molecule has 0 aromatic carbocycles. The average molecular weight is 449 g/mol. The van der Waals surface area contributed by atoms with E-state index in [1.54, 1.807) is 0 Å². The fraction of sp³-hybridized carbons (Fsp3) is 0.333. The van der Waals surface area contributed by atoms with Crippen LogP contribution in [-0.2, 0) is 0 Å². The first kappa shape index (κ1) is 22.4. The van der Waals surface area contributed by atoms with E-state index in [1.807, 2.05) is 42.5 Å². The Morgan fingerprint density at radius 3 is 1.56 bits per heavy atom. The molecular weight excluding hydrogens is 416 g/mol. The highest BCUT2D eigenvalue weighted by molar-refractivity contribution is 6.16. The maximum absolute atomic E-state index is 4.94. The van der Waals surface area contributed by atoms with Gasteiger partial charge in [-0.05, 0) is 85.3 Å². The van der Waals surface area contributed by atoms with Crippen LogP contribution in [0.3, 0.4) is 0 Å². The van der Waals surface area contributed by atoms with Gasteiger partial charge < -0.3 is 0 Å². The van der Waals surface area contributed by atoms with Crippen LogP contribution in [-0.4, -0.2) is 22.8 Å². The fourth-order valence-electron chi connectivity index (χ4n) is 4.60. The van der Waals surface area contributed by atoms with Crippen molar-refractivity contribution in [1.29, 1.82) is 0 Å². The second-order valence-electron chi connectivity index (χ2n) is 9.28. The fourth-order valence-corrected chi connectivity index (χ4v) is 4.60. The molecule has 172 valence electrons. The smallest absolute Gasteiger partial charge is 0.0691 e. The van der Waals surface area contributed by atoms with Crippen molar-refractivity contribution < 1.29 is 0 Å². The summed E-state index contributed by atoms with van der Waals surface area (Å²) in [7, 11) is 0. The van der Waals surface area contributed by atoms with Crippen LogP contribution in [0.1, 0.15) is 64.7 Å². The Balaban J connectivity index is 1.34. The zero-order chi connectivity index (χ0) is 23.2. The highest BCUT2D eigenvalue weighted by Crippen LogP contribution is 2.26. The zero-order valence-corrected chi connectivity index (χ0v) is 20.0.